The molecular formula is C19H18N2O5. The van der Waals surface area contributed by atoms with E-state index in [1.165, 1.54) is 24.3 Å². The number of nitro benzene ring substituents is 1. The maximum atomic E-state index is 12.6. The normalized spacial score (nSPS) is 15.9. The zero-order chi connectivity index (χ0) is 18.7. The third-order valence-electron chi connectivity index (χ3n) is 4.43. The molecule has 1 aliphatic rings. The fraction of sp³-hybridized carbons (Fsp3) is 0.263. The predicted molar refractivity (Wildman–Crippen MR) is 95.1 cm³/mol. The van der Waals surface area contributed by atoms with E-state index in [1.54, 1.807) is 4.90 Å². The van der Waals surface area contributed by atoms with E-state index < -0.39 is 10.9 Å². The molecule has 0 saturated heterocycles. The van der Waals surface area contributed by atoms with Crippen molar-refractivity contribution in [1.82, 2.24) is 0 Å². The number of fused-ring (bicyclic) bond motifs is 1. The van der Waals surface area contributed by atoms with Crippen LogP contribution in [0.2, 0.25) is 0 Å². The summed E-state index contributed by atoms with van der Waals surface area (Å²) in [5.74, 6) is -0.980. The minimum Gasteiger partial charge on any atom is -0.452 e. The van der Waals surface area contributed by atoms with Crippen LogP contribution >= 0.6 is 0 Å². The van der Waals surface area contributed by atoms with Gasteiger partial charge in [-0.05, 0) is 43.5 Å². The highest BCUT2D eigenvalue weighted by Gasteiger charge is 2.28. The summed E-state index contributed by atoms with van der Waals surface area (Å²) >= 11 is 0. The second kappa shape index (κ2) is 7.35. The molecule has 1 atom stereocenters. The Morgan fingerprint density at radius 2 is 1.88 bits per heavy atom. The molecule has 0 saturated carbocycles. The number of ether oxygens (including phenoxy) is 1. The smallest absolute Gasteiger partial charge is 0.338 e. The summed E-state index contributed by atoms with van der Waals surface area (Å²) in [5, 5.41) is 10.6. The van der Waals surface area contributed by atoms with Crippen LogP contribution < -0.4 is 4.90 Å². The molecule has 0 spiro atoms. The predicted octanol–water partition coefficient (Wildman–Crippen LogP) is 3.12. The van der Waals surface area contributed by atoms with Gasteiger partial charge in [-0.1, -0.05) is 18.2 Å². The van der Waals surface area contributed by atoms with Crippen LogP contribution in [0.1, 0.15) is 29.3 Å². The van der Waals surface area contributed by atoms with Gasteiger partial charge in [-0.15, -0.1) is 0 Å². The SMILES string of the molecule is CC1CCc2ccccc2N1C(=O)COC(=O)c1ccc([N+](=O)[O-])cc1. The van der Waals surface area contributed by atoms with Gasteiger partial charge in [0.25, 0.3) is 11.6 Å². The Bertz CT molecular complexity index is 847. The maximum Gasteiger partial charge on any atom is 0.338 e. The lowest BCUT2D eigenvalue weighted by atomic mass is 9.96. The Kier molecular flexibility index (Phi) is 4.97. The highest BCUT2D eigenvalue weighted by atomic mass is 16.6. The number of hydrogen-bond acceptors (Lipinski definition) is 5. The van der Waals surface area contributed by atoms with Crippen LogP contribution in [0.15, 0.2) is 48.5 Å². The van der Waals surface area contributed by atoms with Crippen LogP contribution in [0.3, 0.4) is 0 Å². The molecule has 1 unspecified atom stereocenters. The van der Waals surface area contributed by atoms with E-state index in [-0.39, 0.29) is 29.8 Å². The minimum atomic E-state index is -0.689. The van der Waals surface area contributed by atoms with E-state index in [2.05, 4.69) is 0 Å². The molecule has 7 nitrogen and oxygen atoms in total. The number of anilines is 1. The molecule has 26 heavy (non-hydrogen) atoms. The van der Waals surface area contributed by atoms with Gasteiger partial charge in [-0.3, -0.25) is 14.9 Å². The molecule has 1 amide bonds. The number of non-ortho nitro benzene ring substituents is 1. The maximum absolute atomic E-state index is 12.6. The van der Waals surface area contributed by atoms with Crippen molar-refractivity contribution < 1.29 is 19.2 Å². The van der Waals surface area contributed by atoms with Gasteiger partial charge in [-0.25, -0.2) is 4.79 Å². The van der Waals surface area contributed by atoms with Crippen LogP contribution in [0, 0.1) is 10.1 Å². The first-order valence-electron chi connectivity index (χ1n) is 8.29. The van der Waals surface area contributed by atoms with Crippen molar-refractivity contribution in [2.24, 2.45) is 0 Å². The van der Waals surface area contributed by atoms with Crippen molar-refractivity contribution in [3.8, 4) is 0 Å². The largest absolute Gasteiger partial charge is 0.452 e. The Morgan fingerprint density at radius 3 is 2.58 bits per heavy atom. The van der Waals surface area contributed by atoms with Crippen molar-refractivity contribution in [3.63, 3.8) is 0 Å². The molecule has 2 aromatic rings. The molecule has 2 aromatic carbocycles. The summed E-state index contributed by atoms with van der Waals surface area (Å²) in [5.41, 5.74) is 2.00. The second-order valence-corrected chi connectivity index (χ2v) is 6.16. The van der Waals surface area contributed by atoms with E-state index in [0.717, 1.165) is 24.1 Å². The summed E-state index contributed by atoms with van der Waals surface area (Å²) in [6.07, 6.45) is 1.75. The third kappa shape index (κ3) is 3.56. The number of hydrogen-bond donors (Lipinski definition) is 0. The first-order valence-corrected chi connectivity index (χ1v) is 8.29. The third-order valence-corrected chi connectivity index (χ3v) is 4.43. The number of esters is 1. The van der Waals surface area contributed by atoms with Gasteiger partial charge in [0.05, 0.1) is 10.5 Å². The number of nitro groups is 1. The average Bonchev–Trinajstić information content (AvgIpc) is 2.65. The Balaban J connectivity index is 1.67. The molecule has 0 aromatic heterocycles. The molecule has 0 radical (unpaired) electrons. The summed E-state index contributed by atoms with van der Waals surface area (Å²) in [4.78, 5) is 36.5. The van der Waals surface area contributed by atoms with Gasteiger partial charge < -0.3 is 9.64 Å². The number of aryl methyl sites for hydroxylation is 1. The van der Waals surface area contributed by atoms with E-state index in [1.807, 2.05) is 31.2 Å². The van der Waals surface area contributed by atoms with Gasteiger partial charge in [0.1, 0.15) is 0 Å². The lowest BCUT2D eigenvalue weighted by Crippen LogP contribution is -2.44. The summed E-state index contributed by atoms with van der Waals surface area (Å²) < 4.78 is 5.11. The number of amides is 1. The zero-order valence-corrected chi connectivity index (χ0v) is 14.3. The Labute approximate surface area is 150 Å². The fourth-order valence-electron chi connectivity index (χ4n) is 3.07. The van der Waals surface area contributed by atoms with E-state index >= 15 is 0 Å². The van der Waals surface area contributed by atoms with Crippen molar-refractivity contribution >= 4 is 23.3 Å². The van der Waals surface area contributed by atoms with Crippen LogP contribution in [0.4, 0.5) is 11.4 Å². The van der Waals surface area contributed by atoms with Crippen molar-refractivity contribution in [1.29, 1.82) is 0 Å². The van der Waals surface area contributed by atoms with Gasteiger partial charge in [0.2, 0.25) is 0 Å². The summed E-state index contributed by atoms with van der Waals surface area (Å²) in [6.45, 7) is 1.58. The van der Waals surface area contributed by atoms with Crippen molar-refractivity contribution in [2.75, 3.05) is 11.5 Å². The van der Waals surface area contributed by atoms with Crippen LogP contribution in [-0.2, 0) is 16.0 Å². The fourth-order valence-corrected chi connectivity index (χ4v) is 3.07. The Morgan fingerprint density at radius 1 is 1.19 bits per heavy atom. The monoisotopic (exact) mass is 354 g/mol. The minimum absolute atomic E-state index is 0.0236. The van der Waals surface area contributed by atoms with E-state index in [0.29, 0.717) is 0 Å². The number of carbonyl (C=O) groups excluding carboxylic acids is 2. The second-order valence-electron chi connectivity index (χ2n) is 6.16. The topological polar surface area (TPSA) is 89.8 Å². The molecule has 0 fully saturated rings. The molecular weight excluding hydrogens is 336 g/mol. The lowest BCUT2D eigenvalue weighted by molar-refractivity contribution is -0.384. The zero-order valence-electron chi connectivity index (χ0n) is 14.3. The number of para-hydroxylation sites is 1. The summed E-state index contributed by atoms with van der Waals surface area (Å²) in [7, 11) is 0. The van der Waals surface area contributed by atoms with Crippen LogP contribution in [-0.4, -0.2) is 29.4 Å². The highest BCUT2D eigenvalue weighted by molar-refractivity contribution is 5.98. The molecule has 0 N–H and O–H groups in total. The highest BCUT2D eigenvalue weighted by Crippen LogP contribution is 2.30. The van der Waals surface area contributed by atoms with Gasteiger partial charge >= 0.3 is 5.97 Å². The van der Waals surface area contributed by atoms with Crippen LogP contribution in [0.25, 0.3) is 0 Å². The molecule has 134 valence electrons. The van der Waals surface area contributed by atoms with E-state index in [4.69, 9.17) is 4.74 Å². The Hall–Kier alpha value is -3.22. The lowest BCUT2D eigenvalue weighted by Gasteiger charge is -2.35. The van der Waals surface area contributed by atoms with Gasteiger partial charge in [0.15, 0.2) is 6.61 Å². The first kappa shape index (κ1) is 17.6. The van der Waals surface area contributed by atoms with Crippen molar-refractivity contribution in [3.05, 3.63) is 69.8 Å². The standard InChI is InChI=1S/C19H18N2O5/c1-13-6-7-14-4-2-3-5-17(14)20(13)18(22)12-26-19(23)15-8-10-16(11-9-15)21(24)25/h2-5,8-11,13H,6-7,12H2,1H3. The quantitative estimate of drug-likeness (QED) is 0.478. The molecule has 1 aliphatic heterocycles. The average molecular weight is 354 g/mol. The molecule has 0 aliphatic carbocycles. The van der Waals surface area contributed by atoms with Crippen LogP contribution in [0.5, 0.6) is 0 Å². The number of carbonyl (C=O) groups is 2. The molecule has 3 rings (SSSR count). The van der Waals surface area contributed by atoms with Gasteiger partial charge in [0, 0.05) is 23.9 Å². The van der Waals surface area contributed by atoms with E-state index in [9.17, 15) is 19.7 Å². The number of nitrogens with zero attached hydrogens (tertiary/aromatic N) is 2. The number of rotatable bonds is 4. The molecule has 1 heterocycles. The number of benzene rings is 2. The first-order chi connectivity index (χ1) is 12.5. The van der Waals surface area contributed by atoms with Crippen molar-refractivity contribution in [2.45, 2.75) is 25.8 Å². The summed E-state index contributed by atoms with van der Waals surface area (Å²) in [6, 6.07) is 12.8. The van der Waals surface area contributed by atoms with Gasteiger partial charge in [-0.2, -0.15) is 0 Å². The molecule has 0 bridgehead atoms. The molecule has 7 heteroatoms.